The third-order valence-electron chi connectivity index (χ3n) is 2.12. The maximum atomic E-state index is 5.32. The highest BCUT2D eigenvalue weighted by molar-refractivity contribution is 5.78. The van der Waals surface area contributed by atoms with Gasteiger partial charge in [-0.1, -0.05) is 0 Å². The molecule has 0 bridgehead atoms. The van der Waals surface area contributed by atoms with Crippen molar-refractivity contribution >= 4 is 11.8 Å². The van der Waals surface area contributed by atoms with E-state index in [1.54, 1.807) is 0 Å². The topological polar surface area (TPSA) is 61.6 Å². The molecule has 6 nitrogen and oxygen atoms in total. The Labute approximate surface area is 94.3 Å². The van der Waals surface area contributed by atoms with Crippen LogP contribution in [0, 0.1) is 0 Å². The molecular weight excluding hydrogens is 212 g/mol. The lowest BCUT2D eigenvalue weighted by Gasteiger charge is -2.05. The molecule has 90 valence electrons. The zero-order valence-electron chi connectivity index (χ0n) is 9.18. The Morgan fingerprint density at radius 2 is 1.38 bits per heavy atom. The molecule has 2 heterocycles. The van der Waals surface area contributed by atoms with Crippen molar-refractivity contribution in [1.82, 2.24) is 0 Å². The van der Waals surface area contributed by atoms with Gasteiger partial charge in [-0.25, -0.2) is 0 Å². The van der Waals surface area contributed by atoms with Crippen LogP contribution >= 0.6 is 0 Å². The Bertz CT molecular complexity index is 250. The van der Waals surface area contributed by atoms with Crippen LogP contribution < -0.4 is 0 Å². The van der Waals surface area contributed by atoms with Gasteiger partial charge in [0.05, 0.1) is 26.3 Å². The third kappa shape index (κ3) is 3.79. The molecule has 0 aromatic heterocycles. The molecule has 0 fully saturated rings. The minimum absolute atomic E-state index is 0.431. The molecule has 0 amide bonds. The molecule has 2 aliphatic rings. The number of hydrogen-bond donors (Lipinski definition) is 0. The molecule has 0 aromatic carbocycles. The van der Waals surface area contributed by atoms with E-state index < -0.39 is 0 Å². The lowest BCUT2D eigenvalue weighted by Crippen LogP contribution is -2.15. The highest BCUT2D eigenvalue weighted by atomic mass is 16.6. The summed E-state index contributed by atoms with van der Waals surface area (Å²) >= 11 is 0. The second-order valence-electron chi connectivity index (χ2n) is 3.35. The first-order valence-electron chi connectivity index (χ1n) is 5.43. The van der Waals surface area contributed by atoms with Crippen molar-refractivity contribution in [1.29, 1.82) is 0 Å². The average molecular weight is 228 g/mol. The fourth-order valence-electron chi connectivity index (χ4n) is 1.37. The summed E-state index contributed by atoms with van der Waals surface area (Å²) in [6.07, 6.45) is 0. The van der Waals surface area contributed by atoms with E-state index in [1.807, 2.05) is 0 Å². The monoisotopic (exact) mass is 228 g/mol. The van der Waals surface area contributed by atoms with Gasteiger partial charge in [-0.15, -0.1) is 0 Å². The van der Waals surface area contributed by atoms with Gasteiger partial charge in [-0.05, 0) is 0 Å². The molecule has 16 heavy (non-hydrogen) atoms. The van der Waals surface area contributed by atoms with Crippen molar-refractivity contribution in [3.63, 3.8) is 0 Å². The smallest absolute Gasteiger partial charge is 0.210 e. The van der Waals surface area contributed by atoms with Gasteiger partial charge in [-0.3, -0.25) is 9.98 Å². The molecule has 0 spiro atoms. The van der Waals surface area contributed by atoms with Gasteiger partial charge in [0.2, 0.25) is 11.8 Å². The quantitative estimate of drug-likeness (QED) is 0.570. The maximum absolute atomic E-state index is 5.32. The largest absolute Gasteiger partial charge is 0.477 e. The van der Waals surface area contributed by atoms with Crippen LogP contribution in [0.25, 0.3) is 0 Å². The van der Waals surface area contributed by atoms with E-state index in [-0.39, 0.29) is 0 Å². The molecule has 0 saturated heterocycles. The number of nitrogens with zero attached hydrogens (tertiary/aromatic N) is 2. The summed E-state index contributed by atoms with van der Waals surface area (Å²) in [6, 6.07) is 0. The molecule has 0 N–H and O–H groups in total. The second kappa shape index (κ2) is 6.44. The van der Waals surface area contributed by atoms with Gasteiger partial charge in [0.15, 0.2) is 0 Å². The summed E-state index contributed by atoms with van der Waals surface area (Å²) in [5, 5.41) is 0. The molecule has 0 aliphatic carbocycles. The summed E-state index contributed by atoms with van der Waals surface area (Å²) < 4.78 is 21.0. The van der Waals surface area contributed by atoms with Gasteiger partial charge in [-0.2, -0.15) is 0 Å². The fraction of sp³-hybridized carbons (Fsp3) is 0.800. The second-order valence-corrected chi connectivity index (χ2v) is 3.35. The van der Waals surface area contributed by atoms with Crippen molar-refractivity contribution in [3.05, 3.63) is 0 Å². The fourth-order valence-corrected chi connectivity index (χ4v) is 1.37. The first-order chi connectivity index (χ1) is 7.95. The summed E-state index contributed by atoms with van der Waals surface area (Å²) in [7, 11) is 0. The first kappa shape index (κ1) is 11.3. The Balaban J connectivity index is 1.43. The molecule has 0 radical (unpaired) electrons. The normalized spacial score (nSPS) is 19.0. The minimum Gasteiger partial charge on any atom is -0.477 e. The van der Waals surface area contributed by atoms with Gasteiger partial charge < -0.3 is 18.9 Å². The van der Waals surface area contributed by atoms with Gasteiger partial charge in [0.25, 0.3) is 0 Å². The Morgan fingerprint density at radius 1 is 0.875 bits per heavy atom. The van der Waals surface area contributed by atoms with E-state index in [0.29, 0.717) is 51.4 Å². The summed E-state index contributed by atoms with van der Waals surface area (Å²) in [5.74, 6) is 1.37. The molecule has 2 rings (SSSR count). The maximum Gasteiger partial charge on any atom is 0.210 e. The predicted octanol–water partition coefficient (Wildman–Crippen LogP) is -0.123. The highest BCUT2D eigenvalue weighted by Gasteiger charge is 2.08. The molecule has 0 aromatic rings. The van der Waals surface area contributed by atoms with Crippen LogP contribution in [0.4, 0.5) is 0 Å². The van der Waals surface area contributed by atoms with Crippen LogP contribution in [0.5, 0.6) is 0 Å². The Hall–Kier alpha value is -1.14. The average Bonchev–Trinajstić information content (AvgIpc) is 2.96. The van der Waals surface area contributed by atoms with Crippen LogP contribution in [0.1, 0.15) is 0 Å². The third-order valence-corrected chi connectivity index (χ3v) is 2.12. The van der Waals surface area contributed by atoms with E-state index in [9.17, 15) is 0 Å². The Kier molecular flexibility index (Phi) is 4.57. The van der Waals surface area contributed by atoms with E-state index in [2.05, 4.69) is 9.98 Å². The van der Waals surface area contributed by atoms with Crippen LogP contribution in [-0.4, -0.2) is 64.5 Å². The van der Waals surface area contributed by atoms with Crippen molar-refractivity contribution in [2.75, 3.05) is 52.7 Å². The predicted molar refractivity (Wildman–Crippen MR) is 58.1 cm³/mol. The molecule has 6 heteroatoms. The first-order valence-corrected chi connectivity index (χ1v) is 5.43. The van der Waals surface area contributed by atoms with E-state index in [4.69, 9.17) is 18.9 Å². The van der Waals surface area contributed by atoms with E-state index >= 15 is 0 Å². The van der Waals surface area contributed by atoms with Gasteiger partial charge in [0.1, 0.15) is 26.4 Å². The van der Waals surface area contributed by atoms with Crippen LogP contribution in [0.3, 0.4) is 0 Å². The number of rotatable bonds is 7. The number of ether oxygens (including phenoxy) is 4. The zero-order valence-corrected chi connectivity index (χ0v) is 9.18. The molecule has 0 atom stereocenters. The lowest BCUT2D eigenvalue weighted by atomic mass is 10.6. The molecular formula is C10H16N2O4. The van der Waals surface area contributed by atoms with Crippen LogP contribution in [0.2, 0.25) is 0 Å². The summed E-state index contributed by atoms with van der Waals surface area (Å²) in [6.45, 7) is 4.74. The Morgan fingerprint density at radius 3 is 1.75 bits per heavy atom. The molecule has 0 unspecified atom stereocenters. The summed E-state index contributed by atoms with van der Waals surface area (Å²) in [4.78, 5) is 8.21. The van der Waals surface area contributed by atoms with Crippen LogP contribution in [-0.2, 0) is 18.9 Å². The molecule has 0 saturated carbocycles. The van der Waals surface area contributed by atoms with Crippen LogP contribution in [0.15, 0.2) is 9.98 Å². The van der Waals surface area contributed by atoms with E-state index in [0.717, 1.165) is 13.1 Å². The van der Waals surface area contributed by atoms with Crippen molar-refractivity contribution in [2.45, 2.75) is 0 Å². The number of hydrogen-bond acceptors (Lipinski definition) is 6. The van der Waals surface area contributed by atoms with Gasteiger partial charge in [0, 0.05) is 0 Å². The van der Waals surface area contributed by atoms with Crippen molar-refractivity contribution in [2.24, 2.45) is 9.98 Å². The van der Waals surface area contributed by atoms with Gasteiger partial charge >= 0.3 is 0 Å². The SMILES string of the molecule is C1COC(COCCOCC2=NCCO2)=N1. The van der Waals surface area contributed by atoms with Crippen molar-refractivity contribution < 1.29 is 18.9 Å². The van der Waals surface area contributed by atoms with Crippen molar-refractivity contribution in [3.8, 4) is 0 Å². The number of aliphatic imine (C=N–C) groups is 2. The lowest BCUT2D eigenvalue weighted by molar-refractivity contribution is 0.0691. The zero-order chi connectivity index (χ0) is 11.1. The highest BCUT2D eigenvalue weighted by Crippen LogP contribution is 1.96. The van der Waals surface area contributed by atoms with E-state index in [1.165, 1.54) is 0 Å². The molecule has 2 aliphatic heterocycles. The minimum atomic E-state index is 0.431. The standard InChI is InChI=1S/C10H16N2O4/c1-3-15-9(11-1)7-13-5-6-14-8-10-12-2-4-16-10/h1-8H2. The summed E-state index contributed by atoms with van der Waals surface area (Å²) in [5.41, 5.74) is 0.